The van der Waals surface area contributed by atoms with Crippen LogP contribution in [0.3, 0.4) is 0 Å². The molecule has 5 heteroatoms. The molecule has 0 aromatic heterocycles. The van der Waals surface area contributed by atoms with Crippen molar-refractivity contribution in [3.63, 3.8) is 0 Å². The van der Waals surface area contributed by atoms with E-state index in [-0.39, 0.29) is 17.7 Å². The molecule has 0 spiro atoms. The highest BCUT2D eigenvalue weighted by atomic mass is 79.9. The smallest absolute Gasteiger partial charge is 0.129 e. The second-order valence-electron chi connectivity index (χ2n) is 4.69. The monoisotopic (exact) mass is 373 g/mol. The Kier molecular flexibility index (Phi) is 5.73. The number of rotatable bonds is 5. The molecule has 112 valence electrons. The van der Waals surface area contributed by atoms with Gasteiger partial charge in [0.15, 0.2) is 0 Å². The van der Waals surface area contributed by atoms with E-state index in [0.717, 1.165) is 0 Å². The van der Waals surface area contributed by atoms with Crippen molar-refractivity contribution >= 4 is 27.5 Å². The molecule has 1 unspecified atom stereocenters. The maximum atomic E-state index is 14.1. The zero-order chi connectivity index (χ0) is 15.4. The van der Waals surface area contributed by atoms with Gasteiger partial charge in [0.2, 0.25) is 0 Å². The Morgan fingerprint density at radius 2 is 1.95 bits per heavy atom. The van der Waals surface area contributed by atoms with E-state index in [1.165, 1.54) is 12.1 Å². The Bertz CT molecular complexity index is 613. The van der Waals surface area contributed by atoms with Crippen molar-refractivity contribution in [3.8, 4) is 0 Å². The number of hydrogen-bond donors (Lipinski definition) is 1. The van der Waals surface area contributed by atoms with E-state index in [9.17, 15) is 8.78 Å². The summed E-state index contributed by atoms with van der Waals surface area (Å²) in [5.41, 5.74) is 1.01. The van der Waals surface area contributed by atoms with Gasteiger partial charge in [-0.05, 0) is 42.8 Å². The topological polar surface area (TPSA) is 12.0 Å². The predicted molar refractivity (Wildman–Crippen MR) is 85.6 cm³/mol. The Labute approximate surface area is 136 Å². The van der Waals surface area contributed by atoms with Gasteiger partial charge in [0.1, 0.15) is 11.6 Å². The minimum Gasteiger partial charge on any atom is -0.310 e. The van der Waals surface area contributed by atoms with Gasteiger partial charge >= 0.3 is 0 Å². The number of benzene rings is 2. The third-order valence-electron chi connectivity index (χ3n) is 3.24. The van der Waals surface area contributed by atoms with E-state index in [2.05, 4.69) is 21.2 Å². The van der Waals surface area contributed by atoms with Crippen molar-refractivity contribution < 1.29 is 8.78 Å². The van der Waals surface area contributed by atoms with Crippen LogP contribution in [0.15, 0.2) is 40.9 Å². The van der Waals surface area contributed by atoms with Crippen LogP contribution in [0, 0.1) is 11.6 Å². The Balaban J connectivity index is 2.35. The molecule has 1 atom stereocenters. The Morgan fingerprint density at radius 1 is 1.19 bits per heavy atom. The zero-order valence-electron chi connectivity index (χ0n) is 11.5. The average Bonchev–Trinajstić information content (AvgIpc) is 2.41. The quantitative estimate of drug-likeness (QED) is 0.751. The van der Waals surface area contributed by atoms with E-state index in [4.69, 9.17) is 11.6 Å². The summed E-state index contributed by atoms with van der Waals surface area (Å²) >= 11 is 9.13. The highest BCUT2D eigenvalue weighted by Crippen LogP contribution is 2.29. The molecule has 0 aliphatic carbocycles. The summed E-state index contributed by atoms with van der Waals surface area (Å²) in [4.78, 5) is 0. The fourth-order valence-electron chi connectivity index (χ4n) is 2.27. The van der Waals surface area contributed by atoms with Crippen molar-refractivity contribution in [1.82, 2.24) is 5.32 Å². The van der Waals surface area contributed by atoms with Crippen LogP contribution >= 0.6 is 27.5 Å². The molecular weight excluding hydrogens is 360 g/mol. The second kappa shape index (κ2) is 7.34. The fraction of sp³-hybridized carbons (Fsp3) is 0.250. The van der Waals surface area contributed by atoms with Crippen LogP contribution in [0.25, 0.3) is 0 Å². The number of likely N-dealkylation sites (N-methyl/N-ethyl adjacent to an activating group) is 1. The van der Waals surface area contributed by atoms with Crippen molar-refractivity contribution in [1.29, 1.82) is 0 Å². The lowest BCUT2D eigenvalue weighted by Crippen LogP contribution is -2.24. The highest BCUT2D eigenvalue weighted by molar-refractivity contribution is 9.10. The summed E-state index contributed by atoms with van der Waals surface area (Å²) < 4.78 is 28.7. The molecule has 21 heavy (non-hydrogen) atoms. The van der Waals surface area contributed by atoms with E-state index in [1.807, 2.05) is 6.92 Å². The lowest BCUT2D eigenvalue weighted by atomic mass is 9.98. The maximum Gasteiger partial charge on any atom is 0.129 e. The van der Waals surface area contributed by atoms with Crippen molar-refractivity contribution in [2.24, 2.45) is 0 Å². The standard InChI is InChI=1S/C16H15BrClF2N/c1-2-21-15(16-12(17)4-3-5-13(16)19)8-10-6-7-11(18)9-14(10)20/h3-7,9,15,21H,2,8H2,1H3. The SMILES string of the molecule is CCNC(Cc1ccc(Cl)cc1F)c1c(F)cccc1Br. The largest absolute Gasteiger partial charge is 0.310 e. The van der Waals surface area contributed by atoms with Gasteiger partial charge in [-0.2, -0.15) is 0 Å². The van der Waals surface area contributed by atoms with Crippen LogP contribution in [0.2, 0.25) is 5.02 Å². The molecule has 0 aliphatic heterocycles. The van der Waals surface area contributed by atoms with Gasteiger partial charge in [0, 0.05) is 21.1 Å². The van der Waals surface area contributed by atoms with Gasteiger partial charge in [-0.1, -0.05) is 46.6 Å². The Hall–Kier alpha value is -0.970. The third kappa shape index (κ3) is 4.02. The normalized spacial score (nSPS) is 12.4. The summed E-state index contributed by atoms with van der Waals surface area (Å²) in [5.74, 6) is -0.692. The van der Waals surface area contributed by atoms with Gasteiger partial charge in [-0.25, -0.2) is 8.78 Å². The first-order valence-electron chi connectivity index (χ1n) is 6.64. The molecule has 0 bridgehead atoms. The van der Waals surface area contributed by atoms with Crippen molar-refractivity contribution in [3.05, 3.63) is 68.7 Å². The molecule has 0 aliphatic rings. The summed E-state index contributed by atoms with van der Waals surface area (Å²) in [6.45, 7) is 2.58. The lowest BCUT2D eigenvalue weighted by molar-refractivity contribution is 0.496. The van der Waals surface area contributed by atoms with E-state index < -0.39 is 0 Å². The van der Waals surface area contributed by atoms with E-state index in [1.54, 1.807) is 24.3 Å². The first-order chi connectivity index (χ1) is 10.0. The van der Waals surface area contributed by atoms with Crippen LogP contribution < -0.4 is 5.32 Å². The number of nitrogens with one attached hydrogen (secondary N) is 1. The molecule has 2 rings (SSSR count). The first kappa shape index (κ1) is 16.4. The summed E-state index contributed by atoms with van der Waals surface area (Å²) in [5, 5.41) is 3.55. The average molecular weight is 375 g/mol. The molecule has 1 nitrogen and oxygen atoms in total. The van der Waals surface area contributed by atoms with Crippen molar-refractivity contribution in [2.75, 3.05) is 6.54 Å². The van der Waals surface area contributed by atoms with Crippen LogP contribution in [0.5, 0.6) is 0 Å². The van der Waals surface area contributed by atoms with E-state index >= 15 is 0 Å². The van der Waals surface area contributed by atoms with E-state index in [0.29, 0.717) is 33.6 Å². The molecule has 2 aromatic rings. The fourth-order valence-corrected chi connectivity index (χ4v) is 3.05. The van der Waals surface area contributed by atoms with Gasteiger partial charge in [-0.3, -0.25) is 0 Å². The van der Waals surface area contributed by atoms with Crippen LogP contribution in [-0.4, -0.2) is 6.54 Å². The minimum atomic E-state index is -0.377. The number of hydrogen-bond acceptors (Lipinski definition) is 1. The lowest BCUT2D eigenvalue weighted by Gasteiger charge is -2.21. The highest BCUT2D eigenvalue weighted by Gasteiger charge is 2.20. The summed E-state index contributed by atoms with van der Waals surface area (Å²) in [6.07, 6.45) is 0.344. The van der Waals surface area contributed by atoms with Gasteiger partial charge in [0.25, 0.3) is 0 Å². The predicted octanol–water partition coefficient (Wildman–Crippen LogP) is 5.27. The van der Waals surface area contributed by atoms with Crippen molar-refractivity contribution in [2.45, 2.75) is 19.4 Å². The number of halogens is 4. The summed E-state index contributed by atoms with van der Waals surface area (Å²) in [6, 6.07) is 9.05. The van der Waals surface area contributed by atoms with Gasteiger partial charge < -0.3 is 5.32 Å². The molecule has 0 radical (unpaired) electrons. The first-order valence-corrected chi connectivity index (χ1v) is 7.81. The minimum absolute atomic E-state index is 0.315. The second-order valence-corrected chi connectivity index (χ2v) is 5.98. The van der Waals surface area contributed by atoms with Crippen LogP contribution in [0.4, 0.5) is 8.78 Å². The molecule has 0 fully saturated rings. The summed E-state index contributed by atoms with van der Waals surface area (Å²) in [7, 11) is 0. The third-order valence-corrected chi connectivity index (χ3v) is 4.16. The molecular formula is C16H15BrClF2N. The van der Waals surface area contributed by atoms with Gasteiger partial charge in [0.05, 0.1) is 0 Å². The van der Waals surface area contributed by atoms with Crippen LogP contribution in [0.1, 0.15) is 24.1 Å². The molecule has 2 aromatic carbocycles. The van der Waals surface area contributed by atoms with Crippen LogP contribution in [-0.2, 0) is 6.42 Å². The Morgan fingerprint density at radius 3 is 2.57 bits per heavy atom. The molecule has 0 saturated carbocycles. The zero-order valence-corrected chi connectivity index (χ0v) is 13.8. The molecule has 0 heterocycles. The maximum absolute atomic E-state index is 14.1. The molecule has 0 amide bonds. The van der Waals surface area contributed by atoms with Gasteiger partial charge in [-0.15, -0.1) is 0 Å². The molecule has 1 N–H and O–H groups in total. The molecule has 0 saturated heterocycles.